The topological polar surface area (TPSA) is 74.2 Å². The van der Waals surface area contributed by atoms with Crippen molar-refractivity contribution in [2.75, 3.05) is 6.61 Å². The van der Waals surface area contributed by atoms with Crippen molar-refractivity contribution in [2.24, 2.45) is 5.73 Å². The number of ether oxygens (including phenoxy) is 1. The van der Waals surface area contributed by atoms with E-state index < -0.39 is 5.60 Å². The van der Waals surface area contributed by atoms with E-state index in [0.29, 0.717) is 18.3 Å². The largest absolute Gasteiger partial charge is 0.367 e. The second-order valence-electron chi connectivity index (χ2n) is 4.74. The van der Waals surface area contributed by atoms with Crippen LogP contribution in [0, 0.1) is 0 Å². The molecule has 5 heteroatoms. The fourth-order valence-corrected chi connectivity index (χ4v) is 1.94. The van der Waals surface area contributed by atoms with Crippen LogP contribution in [0.25, 0.3) is 0 Å². The van der Waals surface area contributed by atoms with E-state index in [-0.39, 0.29) is 12.0 Å². The molecule has 2 N–H and O–H groups in total. The first-order valence-corrected chi connectivity index (χ1v) is 6.74. The third-order valence-corrected chi connectivity index (χ3v) is 3.59. The predicted octanol–water partition coefficient (Wildman–Crippen LogP) is 2.57. The van der Waals surface area contributed by atoms with Gasteiger partial charge >= 0.3 is 0 Å². The standard InChI is InChI=1S/C13H25N3O2/c1-6-13(7-2,17-8-3)12-15-11(18-16-12)9(4)10(5)14/h9-10H,6-8,14H2,1-5H3. The lowest BCUT2D eigenvalue weighted by Gasteiger charge is -2.27. The molecule has 0 spiro atoms. The Labute approximate surface area is 109 Å². The molecule has 2 atom stereocenters. The van der Waals surface area contributed by atoms with Crippen molar-refractivity contribution >= 4 is 0 Å². The summed E-state index contributed by atoms with van der Waals surface area (Å²) in [5, 5.41) is 4.09. The molecule has 1 heterocycles. The van der Waals surface area contributed by atoms with E-state index in [4.69, 9.17) is 15.0 Å². The lowest BCUT2D eigenvalue weighted by molar-refractivity contribution is -0.0583. The first-order valence-electron chi connectivity index (χ1n) is 6.74. The van der Waals surface area contributed by atoms with E-state index in [0.717, 1.165) is 12.8 Å². The lowest BCUT2D eigenvalue weighted by atomic mass is 9.96. The highest BCUT2D eigenvalue weighted by Crippen LogP contribution is 2.31. The fourth-order valence-electron chi connectivity index (χ4n) is 1.94. The Morgan fingerprint density at radius 2 is 1.89 bits per heavy atom. The van der Waals surface area contributed by atoms with Crippen molar-refractivity contribution in [3.8, 4) is 0 Å². The maximum Gasteiger partial charge on any atom is 0.231 e. The minimum absolute atomic E-state index is 0.0111. The van der Waals surface area contributed by atoms with Gasteiger partial charge in [0.05, 0.1) is 5.92 Å². The average Bonchev–Trinajstić information content (AvgIpc) is 2.85. The normalized spacial score (nSPS) is 15.7. The summed E-state index contributed by atoms with van der Waals surface area (Å²) in [6, 6.07) is -0.0111. The van der Waals surface area contributed by atoms with Gasteiger partial charge in [0.25, 0.3) is 0 Å². The molecule has 18 heavy (non-hydrogen) atoms. The van der Waals surface area contributed by atoms with Crippen LogP contribution in [0.4, 0.5) is 0 Å². The van der Waals surface area contributed by atoms with Gasteiger partial charge < -0.3 is 15.0 Å². The number of aromatic nitrogens is 2. The highest BCUT2D eigenvalue weighted by Gasteiger charge is 2.35. The van der Waals surface area contributed by atoms with Crippen molar-refractivity contribution in [2.45, 2.75) is 65.0 Å². The summed E-state index contributed by atoms with van der Waals surface area (Å²) >= 11 is 0. The Hall–Kier alpha value is -0.940. The summed E-state index contributed by atoms with van der Waals surface area (Å²) in [4.78, 5) is 4.48. The molecule has 0 saturated heterocycles. The molecule has 0 aliphatic rings. The van der Waals surface area contributed by atoms with Crippen LogP contribution in [0.3, 0.4) is 0 Å². The van der Waals surface area contributed by atoms with Crippen molar-refractivity contribution in [1.29, 1.82) is 0 Å². The molecular formula is C13H25N3O2. The maximum absolute atomic E-state index is 5.85. The summed E-state index contributed by atoms with van der Waals surface area (Å²) in [6.07, 6.45) is 1.64. The van der Waals surface area contributed by atoms with E-state index in [2.05, 4.69) is 24.0 Å². The number of nitrogens with zero attached hydrogens (tertiary/aromatic N) is 2. The van der Waals surface area contributed by atoms with Gasteiger partial charge in [-0.2, -0.15) is 4.98 Å². The van der Waals surface area contributed by atoms with Crippen LogP contribution in [-0.4, -0.2) is 22.8 Å². The zero-order valence-corrected chi connectivity index (χ0v) is 12.1. The highest BCUT2D eigenvalue weighted by atomic mass is 16.5. The van der Waals surface area contributed by atoms with Crippen LogP contribution >= 0.6 is 0 Å². The SMILES string of the molecule is CCOC(CC)(CC)c1noc(C(C)C(C)N)n1. The Kier molecular flexibility index (Phi) is 5.28. The number of hydrogen-bond donors (Lipinski definition) is 1. The summed E-state index contributed by atoms with van der Waals surface area (Å²) in [7, 11) is 0. The van der Waals surface area contributed by atoms with Gasteiger partial charge in [0.1, 0.15) is 5.60 Å². The zero-order chi connectivity index (χ0) is 13.8. The predicted molar refractivity (Wildman–Crippen MR) is 70.2 cm³/mol. The Bertz CT molecular complexity index is 359. The van der Waals surface area contributed by atoms with Crippen molar-refractivity contribution in [3.63, 3.8) is 0 Å². The van der Waals surface area contributed by atoms with Gasteiger partial charge in [-0.25, -0.2) is 0 Å². The monoisotopic (exact) mass is 255 g/mol. The molecule has 0 amide bonds. The minimum atomic E-state index is -0.436. The van der Waals surface area contributed by atoms with Gasteiger partial charge in [-0.1, -0.05) is 25.9 Å². The third-order valence-electron chi connectivity index (χ3n) is 3.59. The summed E-state index contributed by atoms with van der Waals surface area (Å²) in [5.41, 5.74) is 5.41. The van der Waals surface area contributed by atoms with Crippen molar-refractivity contribution in [3.05, 3.63) is 11.7 Å². The minimum Gasteiger partial charge on any atom is -0.367 e. The molecule has 0 aromatic carbocycles. The smallest absolute Gasteiger partial charge is 0.231 e. The molecule has 104 valence electrons. The van der Waals surface area contributed by atoms with Crippen LogP contribution in [0.2, 0.25) is 0 Å². The second-order valence-corrected chi connectivity index (χ2v) is 4.74. The van der Waals surface area contributed by atoms with Gasteiger partial charge in [-0.05, 0) is 26.7 Å². The molecule has 1 aromatic heterocycles. The molecule has 2 unspecified atom stereocenters. The lowest BCUT2D eigenvalue weighted by Crippen LogP contribution is -2.30. The van der Waals surface area contributed by atoms with Gasteiger partial charge in [0.15, 0.2) is 0 Å². The average molecular weight is 255 g/mol. The van der Waals surface area contributed by atoms with Crippen LogP contribution in [0.5, 0.6) is 0 Å². The van der Waals surface area contributed by atoms with Gasteiger partial charge in [-0.3, -0.25) is 0 Å². The van der Waals surface area contributed by atoms with E-state index >= 15 is 0 Å². The Balaban J connectivity index is 3.01. The fraction of sp³-hybridized carbons (Fsp3) is 0.846. The molecule has 0 radical (unpaired) electrons. The number of hydrogen-bond acceptors (Lipinski definition) is 5. The van der Waals surface area contributed by atoms with Crippen LogP contribution < -0.4 is 5.73 Å². The molecule has 0 bridgehead atoms. The van der Waals surface area contributed by atoms with Crippen LogP contribution in [0.15, 0.2) is 4.52 Å². The molecule has 0 fully saturated rings. The number of rotatable bonds is 7. The molecule has 0 aliphatic carbocycles. The molecule has 5 nitrogen and oxygen atoms in total. The number of nitrogens with two attached hydrogens (primary N) is 1. The molecule has 0 aliphatic heterocycles. The van der Waals surface area contributed by atoms with Crippen LogP contribution in [0.1, 0.15) is 65.1 Å². The molecule has 1 aromatic rings. The third kappa shape index (κ3) is 2.90. The van der Waals surface area contributed by atoms with E-state index in [9.17, 15) is 0 Å². The Morgan fingerprint density at radius 1 is 1.28 bits per heavy atom. The first-order chi connectivity index (χ1) is 8.50. The zero-order valence-electron chi connectivity index (χ0n) is 12.1. The van der Waals surface area contributed by atoms with Crippen molar-refractivity contribution < 1.29 is 9.26 Å². The summed E-state index contributed by atoms with van der Waals surface area (Å²) < 4.78 is 11.2. The summed E-state index contributed by atoms with van der Waals surface area (Å²) in [5.74, 6) is 1.28. The molecular weight excluding hydrogens is 230 g/mol. The maximum atomic E-state index is 5.85. The van der Waals surface area contributed by atoms with Gasteiger partial charge in [0, 0.05) is 12.6 Å². The van der Waals surface area contributed by atoms with E-state index in [1.54, 1.807) is 0 Å². The second kappa shape index (κ2) is 6.29. The van der Waals surface area contributed by atoms with E-state index in [1.165, 1.54) is 0 Å². The van der Waals surface area contributed by atoms with Crippen LogP contribution in [-0.2, 0) is 10.3 Å². The Morgan fingerprint density at radius 3 is 2.33 bits per heavy atom. The van der Waals surface area contributed by atoms with E-state index in [1.807, 2.05) is 20.8 Å². The van der Waals surface area contributed by atoms with Gasteiger partial charge in [-0.15, -0.1) is 0 Å². The molecule has 0 saturated carbocycles. The molecule has 1 rings (SSSR count). The quantitative estimate of drug-likeness (QED) is 0.810. The van der Waals surface area contributed by atoms with Crippen molar-refractivity contribution in [1.82, 2.24) is 10.1 Å². The first kappa shape index (κ1) is 15.1. The van der Waals surface area contributed by atoms with Gasteiger partial charge in [0.2, 0.25) is 11.7 Å². The highest BCUT2D eigenvalue weighted by molar-refractivity contribution is 5.04. The summed E-state index contributed by atoms with van der Waals surface area (Å²) in [6.45, 7) is 10.7.